The maximum atomic E-state index is 12.6. The monoisotopic (exact) mass is 391 g/mol. The van der Waals surface area contributed by atoms with E-state index in [2.05, 4.69) is 24.1 Å². The van der Waals surface area contributed by atoms with Crippen LogP contribution in [0.2, 0.25) is 0 Å². The molecule has 0 saturated carbocycles. The predicted octanol–water partition coefficient (Wildman–Crippen LogP) is 0.552. The molecule has 0 bridgehead atoms. The number of nitrogens with zero attached hydrogens (tertiary/aromatic N) is 2. The van der Waals surface area contributed by atoms with Crippen molar-refractivity contribution in [1.82, 2.24) is 0 Å². The molecule has 150 valence electrons. The average molecular weight is 392 g/mol. The van der Waals surface area contributed by atoms with Gasteiger partial charge in [-0.3, -0.25) is 13.8 Å². The molecule has 0 fully saturated rings. The Morgan fingerprint density at radius 3 is 2.65 bits per heavy atom. The zero-order chi connectivity index (χ0) is 19.6. The Morgan fingerprint density at radius 1 is 1.35 bits per heavy atom. The van der Waals surface area contributed by atoms with Gasteiger partial charge in [0.2, 0.25) is 5.78 Å². The van der Waals surface area contributed by atoms with Gasteiger partial charge in [0.25, 0.3) is 16.0 Å². The number of quaternary nitrogens is 1. The van der Waals surface area contributed by atoms with Gasteiger partial charge in [0.05, 0.1) is 13.2 Å². The maximum Gasteiger partial charge on any atom is 0.267 e. The van der Waals surface area contributed by atoms with Crippen molar-refractivity contribution in [2.45, 2.75) is 45.1 Å². The Labute approximate surface area is 155 Å². The lowest BCUT2D eigenvalue weighted by atomic mass is 10.1. The van der Waals surface area contributed by atoms with Crippen molar-refractivity contribution in [3.05, 3.63) is 12.2 Å². The summed E-state index contributed by atoms with van der Waals surface area (Å²) in [7, 11) is -4.32. The van der Waals surface area contributed by atoms with E-state index < -0.39 is 22.0 Å². The van der Waals surface area contributed by atoms with Crippen molar-refractivity contribution in [1.29, 1.82) is 0 Å². The smallest absolute Gasteiger partial charge is 0.267 e. The number of rotatable bonds is 13. The average Bonchev–Trinajstić information content (AvgIpc) is 2.92. The number of hydrogen-bond acceptors (Lipinski definition) is 6. The normalized spacial score (nSPS) is 21.9. The highest BCUT2D eigenvalue weighted by Gasteiger charge is 2.43. The highest BCUT2D eigenvalue weighted by Crippen LogP contribution is 2.19. The van der Waals surface area contributed by atoms with E-state index >= 15 is 0 Å². The SMILES string of the molecule is CCC/C=C/CCCC(=O)C1=NCC[N+]1(CCO)CC(O)CS(=O)(=O)O. The first-order valence-corrected chi connectivity index (χ1v) is 10.7. The molecule has 8 nitrogen and oxygen atoms in total. The summed E-state index contributed by atoms with van der Waals surface area (Å²) in [6.45, 7) is 2.77. The summed E-state index contributed by atoms with van der Waals surface area (Å²) in [5.74, 6) is -0.660. The van der Waals surface area contributed by atoms with Crippen molar-refractivity contribution in [2.24, 2.45) is 4.99 Å². The van der Waals surface area contributed by atoms with Crippen LogP contribution in [0.15, 0.2) is 17.1 Å². The third kappa shape index (κ3) is 7.63. The van der Waals surface area contributed by atoms with Crippen LogP contribution in [0.4, 0.5) is 0 Å². The van der Waals surface area contributed by atoms with E-state index in [9.17, 15) is 23.4 Å². The number of carbonyl (C=O) groups is 1. The molecule has 0 spiro atoms. The van der Waals surface area contributed by atoms with Crippen LogP contribution in [0.3, 0.4) is 0 Å². The Kier molecular flexibility index (Phi) is 9.59. The number of aliphatic hydroxyl groups is 2. The summed E-state index contributed by atoms with van der Waals surface area (Å²) < 4.78 is 30.8. The molecule has 1 rings (SSSR count). The Morgan fingerprint density at radius 2 is 2.04 bits per heavy atom. The lowest BCUT2D eigenvalue weighted by Gasteiger charge is -2.34. The summed E-state index contributed by atoms with van der Waals surface area (Å²) in [5.41, 5.74) is 0. The van der Waals surface area contributed by atoms with E-state index in [0.717, 1.165) is 19.3 Å². The van der Waals surface area contributed by atoms with Gasteiger partial charge in [-0.2, -0.15) is 8.42 Å². The van der Waals surface area contributed by atoms with E-state index in [1.807, 2.05) is 0 Å². The molecule has 0 amide bonds. The first kappa shape index (κ1) is 22.9. The zero-order valence-electron chi connectivity index (χ0n) is 15.4. The lowest BCUT2D eigenvalue weighted by molar-refractivity contribution is -0.837. The molecule has 0 radical (unpaired) electrons. The van der Waals surface area contributed by atoms with E-state index in [-0.39, 0.29) is 35.8 Å². The van der Waals surface area contributed by atoms with Gasteiger partial charge in [-0.25, -0.2) is 4.99 Å². The summed E-state index contributed by atoms with van der Waals surface area (Å²) in [4.78, 5) is 16.9. The van der Waals surface area contributed by atoms with Gasteiger partial charge in [-0.05, 0) is 19.3 Å². The summed E-state index contributed by atoms with van der Waals surface area (Å²) in [5, 5.41) is 19.4. The van der Waals surface area contributed by atoms with Crippen LogP contribution in [0.5, 0.6) is 0 Å². The van der Waals surface area contributed by atoms with Gasteiger partial charge >= 0.3 is 0 Å². The quantitative estimate of drug-likeness (QED) is 0.182. The molecule has 1 aliphatic rings. The number of aliphatic hydroxyl groups excluding tert-OH is 2. The van der Waals surface area contributed by atoms with Gasteiger partial charge in [-0.15, -0.1) is 0 Å². The van der Waals surface area contributed by atoms with Crippen LogP contribution in [0.1, 0.15) is 39.0 Å². The standard InChI is InChI=1S/C17H30N2O6S/c1-2-3-4-5-6-7-8-16(22)17-18-9-10-19(17,11-12-20)13-15(21)14-26(23,24)25/h4-5,15,20-21H,2-3,6-14H2,1H3/p+1/b5-4+. The zero-order valence-corrected chi connectivity index (χ0v) is 16.2. The van der Waals surface area contributed by atoms with Crippen LogP contribution in [0, 0.1) is 0 Å². The minimum atomic E-state index is -4.32. The Bertz CT molecular complexity index is 617. The first-order chi connectivity index (χ1) is 12.2. The van der Waals surface area contributed by atoms with Gasteiger partial charge in [0.15, 0.2) is 0 Å². The Hall–Kier alpha value is -1.13. The number of aliphatic imine (C=N–C) groups is 1. The van der Waals surface area contributed by atoms with Crippen LogP contribution in [-0.4, -0.2) is 83.9 Å². The summed E-state index contributed by atoms with van der Waals surface area (Å²) in [6.07, 6.45) is 6.70. The molecule has 0 saturated heterocycles. The van der Waals surface area contributed by atoms with Crippen molar-refractivity contribution in [3.8, 4) is 0 Å². The van der Waals surface area contributed by atoms with Crippen LogP contribution >= 0.6 is 0 Å². The number of unbranched alkanes of at least 4 members (excludes halogenated alkanes) is 2. The number of Topliss-reactive ketones (excluding diaryl/α,β-unsaturated/α-hetero) is 1. The van der Waals surface area contributed by atoms with Crippen molar-refractivity contribution in [3.63, 3.8) is 0 Å². The minimum absolute atomic E-state index is 0.0440. The summed E-state index contributed by atoms with van der Waals surface area (Å²) in [6, 6.07) is 0. The van der Waals surface area contributed by atoms with Gasteiger partial charge in [0.1, 0.15) is 31.5 Å². The molecule has 3 N–H and O–H groups in total. The van der Waals surface area contributed by atoms with Crippen LogP contribution in [-0.2, 0) is 14.9 Å². The molecule has 0 aromatic rings. The molecule has 2 unspecified atom stereocenters. The number of hydrogen-bond donors (Lipinski definition) is 3. The van der Waals surface area contributed by atoms with Crippen molar-refractivity contribution in [2.75, 3.05) is 38.5 Å². The minimum Gasteiger partial charge on any atom is -0.390 e. The number of allylic oxidation sites excluding steroid dienone is 2. The van der Waals surface area contributed by atoms with Crippen LogP contribution in [0.25, 0.3) is 0 Å². The largest absolute Gasteiger partial charge is 0.390 e. The molecule has 0 aliphatic carbocycles. The van der Waals surface area contributed by atoms with E-state index in [0.29, 0.717) is 25.9 Å². The van der Waals surface area contributed by atoms with Crippen LogP contribution < -0.4 is 0 Å². The number of carbonyl (C=O) groups excluding carboxylic acids is 1. The second kappa shape index (κ2) is 10.9. The predicted molar refractivity (Wildman–Crippen MR) is 99.6 cm³/mol. The summed E-state index contributed by atoms with van der Waals surface area (Å²) >= 11 is 0. The molecule has 2 atom stereocenters. The van der Waals surface area contributed by atoms with Gasteiger partial charge in [0, 0.05) is 6.42 Å². The fourth-order valence-electron chi connectivity index (χ4n) is 3.23. The first-order valence-electron chi connectivity index (χ1n) is 9.07. The number of amidine groups is 1. The second-order valence-electron chi connectivity index (χ2n) is 6.68. The second-order valence-corrected chi connectivity index (χ2v) is 8.18. The van der Waals surface area contributed by atoms with Gasteiger partial charge in [-0.1, -0.05) is 25.5 Å². The fourth-order valence-corrected chi connectivity index (χ4v) is 3.82. The van der Waals surface area contributed by atoms with E-state index in [4.69, 9.17) is 4.55 Å². The topological polar surface area (TPSA) is 124 Å². The van der Waals surface area contributed by atoms with E-state index in [1.165, 1.54) is 0 Å². The third-order valence-corrected chi connectivity index (χ3v) is 5.18. The molecular formula is C17H31N2O6S+. The van der Waals surface area contributed by atoms with E-state index in [1.54, 1.807) is 0 Å². The maximum absolute atomic E-state index is 12.6. The third-order valence-electron chi connectivity index (χ3n) is 4.38. The molecule has 0 aromatic carbocycles. The number of ketones is 1. The van der Waals surface area contributed by atoms with Gasteiger partial charge < -0.3 is 10.2 Å². The molecule has 9 heteroatoms. The van der Waals surface area contributed by atoms with Crippen molar-refractivity contribution >= 4 is 21.7 Å². The highest BCUT2D eigenvalue weighted by molar-refractivity contribution is 7.85. The fraction of sp³-hybridized carbons (Fsp3) is 0.765. The molecular weight excluding hydrogens is 360 g/mol. The molecule has 26 heavy (non-hydrogen) atoms. The highest BCUT2D eigenvalue weighted by atomic mass is 32.2. The molecule has 1 heterocycles. The molecule has 1 aliphatic heterocycles. The Balaban J connectivity index is 2.72. The molecule has 0 aromatic heterocycles. The lowest BCUT2D eigenvalue weighted by Crippen LogP contribution is -2.59. The van der Waals surface area contributed by atoms with Crippen molar-refractivity contribution < 1.29 is 32.5 Å².